The minimum atomic E-state index is 0.0296. The van der Waals surface area contributed by atoms with Crippen molar-refractivity contribution in [2.75, 3.05) is 39.6 Å². The molecule has 1 fully saturated rings. The van der Waals surface area contributed by atoms with E-state index in [1.54, 1.807) is 0 Å². The van der Waals surface area contributed by atoms with Gasteiger partial charge >= 0.3 is 0 Å². The summed E-state index contributed by atoms with van der Waals surface area (Å²) in [4.78, 5) is 0. The molecule has 3 rings (SSSR count). The molecule has 0 spiro atoms. The van der Waals surface area contributed by atoms with Crippen LogP contribution in [0.3, 0.4) is 0 Å². The van der Waals surface area contributed by atoms with Crippen LogP contribution in [-0.4, -0.2) is 56.0 Å². The largest absolute Gasteiger partial charge is 0.493 e. The van der Waals surface area contributed by atoms with Crippen molar-refractivity contribution >= 4 is 0 Å². The summed E-state index contributed by atoms with van der Waals surface area (Å²) in [6, 6.07) is 13.6. The van der Waals surface area contributed by atoms with Crippen molar-refractivity contribution in [1.82, 2.24) is 0 Å². The van der Waals surface area contributed by atoms with Gasteiger partial charge in [0.05, 0.1) is 19.8 Å². The number of benzene rings is 2. The second-order valence-corrected chi connectivity index (χ2v) is 7.65. The maximum atomic E-state index is 9.31. The lowest BCUT2D eigenvalue weighted by atomic mass is 10.0. The summed E-state index contributed by atoms with van der Waals surface area (Å²) < 4.78 is 22.8. The molecule has 3 unspecified atom stereocenters. The molecule has 0 aliphatic carbocycles. The van der Waals surface area contributed by atoms with Gasteiger partial charge in [-0.25, -0.2) is 0 Å². The van der Waals surface area contributed by atoms with Crippen LogP contribution < -0.4 is 14.2 Å². The van der Waals surface area contributed by atoms with Crippen LogP contribution in [0.5, 0.6) is 17.2 Å². The zero-order chi connectivity index (χ0) is 20.6. The maximum Gasteiger partial charge on any atom is 0.130 e. The van der Waals surface area contributed by atoms with E-state index in [-0.39, 0.29) is 31.2 Å². The van der Waals surface area contributed by atoms with Crippen LogP contribution in [-0.2, 0) is 4.74 Å². The highest BCUT2D eigenvalue weighted by molar-refractivity contribution is 5.72. The van der Waals surface area contributed by atoms with Gasteiger partial charge in [0.2, 0.25) is 0 Å². The lowest BCUT2D eigenvalue weighted by molar-refractivity contribution is 0.174. The van der Waals surface area contributed by atoms with E-state index in [4.69, 9.17) is 18.9 Å². The van der Waals surface area contributed by atoms with Crippen LogP contribution in [0.1, 0.15) is 13.8 Å². The fourth-order valence-electron chi connectivity index (χ4n) is 2.63. The number of hydrogen-bond acceptors (Lipinski definition) is 6. The van der Waals surface area contributed by atoms with Gasteiger partial charge in [-0.05, 0) is 29.8 Å². The monoisotopic (exact) mass is 402 g/mol. The van der Waals surface area contributed by atoms with Gasteiger partial charge in [0.15, 0.2) is 0 Å². The Morgan fingerprint density at radius 3 is 2.31 bits per heavy atom. The van der Waals surface area contributed by atoms with E-state index >= 15 is 0 Å². The summed E-state index contributed by atoms with van der Waals surface area (Å²) in [6.45, 7) is 6.15. The Hall–Kier alpha value is -2.28. The van der Waals surface area contributed by atoms with Crippen LogP contribution in [0.25, 0.3) is 11.1 Å². The molecule has 0 bridgehead atoms. The summed E-state index contributed by atoms with van der Waals surface area (Å²) in [6.07, 6.45) is 0.184. The molecule has 0 aromatic heterocycles. The molecule has 1 heterocycles. The molecule has 6 nitrogen and oxygen atoms in total. The Bertz CT molecular complexity index is 774. The molecule has 0 amide bonds. The van der Waals surface area contributed by atoms with E-state index in [0.717, 1.165) is 29.2 Å². The van der Waals surface area contributed by atoms with E-state index in [2.05, 4.69) is 0 Å². The predicted octanol–water partition coefficient (Wildman–Crippen LogP) is 3.15. The topological polar surface area (TPSA) is 80.7 Å². The average Bonchev–Trinajstić information content (AvgIpc) is 3.59. The van der Waals surface area contributed by atoms with Crippen LogP contribution in [0.2, 0.25) is 0 Å². The number of rotatable bonds is 12. The van der Waals surface area contributed by atoms with E-state index in [1.807, 2.05) is 56.3 Å². The van der Waals surface area contributed by atoms with Gasteiger partial charge in [0, 0.05) is 36.7 Å². The molecule has 2 aromatic carbocycles. The normalized spacial score (nSPS) is 17.4. The van der Waals surface area contributed by atoms with Crippen molar-refractivity contribution in [3.63, 3.8) is 0 Å². The predicted molar refractivity (Wildman–Crippen MR) is 111 cm³/mol. The molecule has 3 atom stereocenters. The number of ether oxygens (including phenoxy) is 4. The molecule has 6 heteroatoms. The molecule has 158 valence electrons. The lowest BCUT2D eigenvalue weighted by Crippen LogP contribution is -2.13. The van der Waals surface area contributed by atoms with Gasteiger partial charge in [0.25, 0.3) is 0 Å². The summed E-state index contributed by atoms with van der Waals surface area (Å²) in [5.41, 5.74) is 1.88. The first-order valence-electron chi connectivity index (χ1n) is 10.0. The zero-order valence-electron chi connectivity index (χ0n) is 17.0. The molecular formula is C23H30O6. The van der Waals surface area contributed by atoms with E-state index < -0.39 is 0 Å². The zero-order valence-corrected chi connectivity index (χ0v) is 17.0. The van der Waals surface area contributed by atoms with E-state index in [9.17, 15) is 10.2 Å². The van der Waals surface area contributed by atoms with Crippen molar-refractivity contribution in [3.05, 3.63) is 42.5 Å². The second kappa shape index (κ2) is 10.5. The Morgan fingerprint density at radius 1 is 0.931 bits per heavy atom. The molecule has 29 heavy (non-hydrogen) atoms. The Labute approximate surface area is 172 Å². The van der Waals surface area contributed by atoms with Gasteiger partial charge < -0.3 is 29.2 Å². The Balaban J connectivity index is 1.79. The van der Waals surface area contributed by atoms with Gasteiger partial charge in [-0.3, -0.25) is 0 Å². The van der Waals surface area contributed by atoms with Gasteiger partial charge in [-0.15, -0.1) is 0 Å². The van der Waals surface area contributed by atoms with Gasteiger partial charge in [0.1, 0.15) is 30.0 Å². The number of aliphatic hydroxyl groups excluding tert-OH is 2. The maximum absolute atomic E-state index is 9.31. The van der Waals surface area contributed by atoms with Crippen LogP contribution >= 0.6 is 0 Å². The Morgan fingerprint density at radius 2 is 1.62 bits per heavy atom. The van der Waals surface area contributed by atoms with Gasteiger partial charge in [-0.1, -0.05) is 26.0 Å². The van der Waals surface area contributed by atoms with Crippen molar-refractivity contribution < 1.29 is 29.2 Å². The molecule has 0 saturated carbocycles. The van der Waals surface area contributed by atoms with Crippen LogP contribution in [0.4, 0.5) is 0 Å². The van der Waals surface area contributed by atoms with Crippen molar-refractivity contribution in [2.45, 2.75) is 20.0 Å². The van der Waals surface area contributed by atoms with Crippen molar-refractivity contribution in [3.8, 4) is 28.4 Å². The molecule has 1 saturated heterocycles. The summed E-state index contributed by atoms with van der Waals surface area (Å²) in [5, 5.41) is 18.5. The number of epoxide rings is 1. The highest BCUT2D eigenvalue weighted by atomic mass is 16.6. The van der Waals surface area contributed by atoms with Crippen LogP contribution in [0, 0.1) is 11.8 Å². The standard InChI is InChI=1S/C23H30O6/c1-16(10-24)12-26-19-5-3-4-18(8-19)22-7-6-20(27-14-21-15-28-21)9-23(22)29-13-17(2)11-25/h3-9,16-17,21,24-25H,10-15H2,1-2H3. The first-order chi connectivity index (χ1) is 14.1. The van der Waals surface area contributed by atoms with E-state index in [0.29, 0.717) is 25.6 Å². The SMILES string of the molecule is CC(CO)COc1cccc(-c2ccc(OCC3CO3)cc2OCC(C)CO)c1. The number of aliphatic hydroxyl groups is 2. The highest BCUT2D eigenvalue weighted by Gasteiger charge is 2.23. The molecule has 0 radical (unpaired) electrons. The molecule has 2 N–H and O–H groups in total. The number of hydrogen-bond donors (Lipinski definition) is 2. The minimum absolute atomic E-state index is 0.0296. The fraction of sp³-hybridized carbons (Fsp3) is 0.478. The molecular weight excluding hydrogens is 372 g/mol. The molecule has 1 aliphatic rings. The van der Waals surface area contributed by atoms with E-state index in [1.165, 1.54) is 0 Å². The van der Waals surface area contributed by atoms with Gasteiger partial charge in [-0.2, -0.15) is 0 Å². The smallest absolute Gasteiger partial charge is 0.130 e. The van der Waals surface area contributed by atoms with Crippen LogP contribution in [0.15, 0.2) is 42.5 Å². The summed E-state index contributed by atoms with van der Waals surface area (Å²) in [5.74, 6) is 2.26. The first kappa shape index (κ1) is 21.4. The molecule has 2 aromatic rings. The minimum Gasteiger partial charge on any atom is -0.493 e. The lowest BCUT2D eigenvalue weighted by Gasteiger charge is -2.17. The highest BCUT2D eigenvalue weighted by Crippen LogP contribution is 2.35. The summed E-state index contributed by atoms with van der Waals surface area (Å²) in [7, 11) is 0. The third kappa shape index (κ3) is 6.63. The average molecular weight is 402 g/mol. The fourth-order valence-corrected chi connectivity index (χ4v) is 2.63. The quantitative estimate of drug-likeness (QED) is 0.531. The van der Waals surface area contributed by atoms with Crippen molar-refractivity contribution in [2.24, 2.45) is 11.8 Å². The first-order valence-corrected chi connectivity index (χ1v) is 10.0. The Kier molecular flexibility index (Phi) is 7.75. The van der Waals surface area contributed by atoms with Crippen molar-refractivity contribution in [1.29, 1.82) is 0 Å². The third-order valence-electron chi connectivity index (χ3n) is 4.62. The third-order valence-corrected chi connectivity index (χ3v) is 4.62. The molecule has 1 aliphatic heterocycles. The summed E-state index contributed by atoms with van der Waals surface area (Å²) >= 11 is 0. The second-order valence-electron chi connectivity index (χ2n) is 7.65.